The SMILES string of the molecule is COc1ccc(C)cc1CCc1cnc(N)s1. The predicted molar refractivity (Wildman–Crippen MR) is 71.7 cm³/mol. The monoisotopic (exact) mass is 248 g/mol. The van der Waals surface area contributed by atoms with Crippen molar-refractivity contribution in [1.29, 1.82) is 0 Å². The van der Waals surface area contributed by atoms with Crippen LogP contribution < -0.4 is 10.5 Å². The molecule has 1 aromatic carbocycles. The molecule has 1 heterocycles. The molecule has 3 nitrogen and oxygen atoms in total. The van der Waals surface area contributed by atoms with E-state index in [4.69, 9.17) is 10.5 Å². The molecule has 2 aromatic rings. The van der Waals surface area contributed by atoms with Gasteiger partial charge in [-0.2, -0.15) is 0 Å². The van der Waals surface area contributed by atoms with Crippen LogP contribution in [0.15, 0.2) is 24.4 Å². The summed E-state index contributed by atoms with van der Waals surface area (Å²) >= 11 is 1.55. The van der Waals surface area contributed by atoms with Gasteiger partial charge in [0, 0.05) is 11.1 Å². The minimum atomic E-state index is 0.635. The molecule has 2 N–H and O–H groups in total. The average molecular weight is 248 g/mol. The molecule has 0 radical (unpaired) electrons. The van der Waals surface area contributed by atoms with Crippen LogP contribution in [0.4, 0.5) is 5.13 Å². The largest absolute Gasteiger partial charge is 0.496 e. The van der Waals surface area contributed by atoms with Gasteiger partial charge in [0.25, 0.3) is 0 Å². The van der Waals surface area contributed by atoms with E-state index < -0.39 is 0 Å². The molecule has 0 bridgehead atoms. The number of benzene rings is 1. The second kappa shape index (κ2) is 5.19. The molecule has 0 unspecified atom stereocenters. The molecule has 0 aliphatic carbocycles. The maximum absolute atomic E-state index is 5.61. The van der Waals surface area contributed by atoms with Gasteiger partial charge >= 0.3 is 0 Å². The van der Waals surface area contributed by atoms with E-state index in [1.54, 1.807) is 18.4 Å². The zero-order valence-corrected chi connectivity index (χ0v) is 10.9. The highest BCUT2D eigenvalue weighted by molar-refractivity contribution is 7.15. The molecule has 17 heavy (non-hydrogen) atoms. The number of nitrogens with zero attached hydrogens (tertiary/aromatic N) is 1. The number of aromatic nitrogens is 1. The number of nitrogen functional groups attached to an aromatic ring is 1. The number of anilines is 1. The summed E-state index contributed by atoms with van der Waals surface area (Å²) in [6.45, 7) is 2.09. The second-order valence-electron chi connectivity index (χ2n) is 3.98. The first kappa shape index (κ1) is 11.9. The van der Waals surface area contributed by atoms with E-state index in [0.29, 0.717) is 5.13 Å². The summed E-state index contributed by atoms with van der Waals surface area (Å²) in [6, 6.07) is 6.25. The highest BCUT2D eigenvalue weighted by atomic mass is 32.1. The molecule has 0 fully saturated rings. The molecule has 2 rings (SSSR count). The zero-order chi connectivity index (χ0) is 12.3. The van der Waals surface area contributed by atoms with Crippen molar-refractivity contribution < 1.29 is 4.74 Å². The van der Waals surface area contributed by atoms with Crippen LogP contribution in [0.3, 0.4) is 0 Å². The van der Waals surface area contributed by atoms with Gasteiger partial charge in [0.2, 0.25) is 0 Å². The maximum atomic E-state index is 5.61. The van der Waals surface area contributed by atoms with Crippen molar-refractivity contribution >= 4 is 16.5 Å². The van der Waals surface area contributed by atoms with Crippen LogP contribution in [-0.4, -0.2) is 12.1 Å². The molecule has 0 saturated carbocycles. The number of thiazole rings is 1. The van der Waals surface area contributed by atoms with E-state index in [2.05, 4.69) is 24.0 Å². The molecule has 1 aromatic heterocycles. The Morgan fingerprint density at radius 2 is 2.18 bits per heavy atom. The summed E-state index contributed by atoms with van der Waals surface area (Å²) in [5.41, 5.74) is 8.10. The van der Waals surface area contributed by atoms with Crippen molar-refractivity contribution in [2.45, 2.75) is 19.8 Å². The van der Waals surface area contributed by atoms with Gasteiger partial charge in [-0.05, 0) is 31.4 Å². The number of nitrogens with two attached hydrogens (primary N) is 1. The van der Waals surface area contributed by atoms with Crippen molar-refractivity contribution in [3.8, 4) is 5.75 Å². The average Bonchev–Trinajstić information content (AvgIpc) is 2.73. The maximum Gasteiger partial charge on any atom is 0.180 e. The summed E-state index contributed by atoms with van der Waals surface area (Å²) in [7, 11) is 1.71. The lowest BCUT2D eigenvalue weighted by molar-refractivity contribution is 0.409. The molecule has 0 spiro atoms. The summed E-state index contributed by atoms with van der Waals surface area (Å²) in [5, 5.41) is 0.635. The first-order valence-corrected chi connectivity index (χ1v) is 6.34. The van der Waals surface area contributed by atoms with E-state index in [-0.39, 0.29) is 0 Å². The summed E-state index contributed by atoms with van der Waals surface area (Å²) in [4.78, 5) is 5.27. The van der Waals surface area contributed by atoms with Crippen LogP contribution >= 0.6 is 11.3 Å². The number of ether oxygens (including phenoxy) is 1. The molecule has 0 atom stereocenters. The number of hydrogen-bond acceptors (Lipinski definition) is 4. The van der Waals surface area contributed by atoms with Gasteiger partial charge in [-0.3, -0.25) is 0 Å². The smallest absolute Gasteiger partial charge is 0.180 e. The molecule has 0 aliphatic rings. The Morgan fingerprint density at radius 3 is 2.82 bits per heavy atom. The van der Waals surface area contributed by atoms with E-state index in [1.807, 2.05) is 12.3 Å². The quantitative estimate of drug-likeness (QED) is 0.905. The van der Waals surface area contributed by atoms with E-state index in [0.717, 1.165) is 18.6 Å². The van der Waals surface area contributed by atoms with Crippen LogP contribution in [0.2, 0.25) is 0 Å². The minimum Gasteiger partial charge on any atom is -0.496 e. The molecule has 4 heteroatoms. The first-order chi connectivity index (χ1) is 8.19. The number of methoxy groups -OCH3 is 1. The van der Waals surface area contributed by atoms with Crippen molar-refractivity contribution in [2.24, 2.45) is 0 Å². The predicted octanol–water partition coefficient (Wildman–Crippen LogP) is 2.83. The van der Waals surface area contributed by atoms with Crippen LogP contribution in [-0.2, 0) is 12.8 Å². The Balaban J connectivity index is 2.10. The molecular weight excluding hydrogens is 232 g/mol. The van der Waals surface area contributed by atoms with Crippen molar-refractivity contribution in [3.63, 3.8) is 0 Å². The molecule has 90 valence electrons. The van der Waals surface area contributed by atoms with Gasteiger partial charge in [0.1, 0.15) is 5.75 Å². The second-order valence-corrected chi connectivity index (χ2v) is 5.13. The summed E-state index contributed by atoms with van der Waals surface area (Å²) < 4.78 is 5.36. The standard InChI is InChI=1S/C13H16N2OS/c1-9-3-6-12(16-2)10(7-9)4-5-11-8-15-13(14)17-11/h3,6-8H,4-5H2,1-2H3,(H2,14,15). The summed E-state index contributed by atoms with van der Waals surface area (Å²) in [5.74, 6) is 0.952. The topological polar surface area (TPSA) is 48.1 Å². The van der Waals surface area contributed by atoms with Gasteiger partial charge < -0.3 is 10.5 Å². The minimum absolute atomic E-state index is 0.635. The molecule has 0 saturated heterocycles. The number of rotatable bonds is 4. The van der Waals surface area contributed by atoms with Gasteiger partial charge in [-0.1, -0.05) is 17.7 Å². The fourth-order valence-corrected chi connectivity index (χ4v) is 2.48. The lowest BCUT2D eigenvalue weighted by Gasteiger charge is -2.08. The van der Waals surface area contributed by atoms with Gasteiger partial charge in [-0.15, -0.1) is 11.3 Å². The fourth-order valence-electron chi connectivity index (χ4n) is 1.80. The third-order valence-corrected chi connectivity index (χ3v) is 3.53. The van der Waals surface area contributed by atoms with Crippen LogP contribution in [0.5, 0.6) is 5.75 Å². The third-order valence-electron chi connectivity index (χ3n) is 2.65. The van der Waals surface area contributed by atoms with Crippen LogP contribution in [0, 0.1) is 6.92 Å². The Bertz CT molecular complexity index is 508. The zero-order valence-electron chi connectivity index (χ0n) is 10.1. The molecular formula is C13H16N2OS. The van der Waals surface area contributed by atoms with E-state index in [9.17, 15) is 0 Å². The van der Waals surface area contributed by atoms with Crippen LogP contribution in [0.1, 0.15) is 16.0 Å². The van der Waals surface area contributed by atoms with Gasteiger partial charge in [0.15, 0.2) is 5.13 Å². The normalized spacial score (nSPS) is 10.5. The highest BCUT2D eigenvalue weighted by Gasteiger charge is 2.05. The molecule has 0 amide bonds. The Labute approximate surface area is 105 Å². The molecule has 0 aliphatic heterocycles. The Morgan fingerprint density at radius 1 is 1.35 bits per heavy atom. The van der Waals surface area contributed by atoms with Crippen molar-refractivity contribution in [3.05, 3.63) is 40.4 Å². The highest BCUT2D eigenvalue weighted by Crippen LogP contribution is 2.23. The third kappa shape index (κ3) is 2.97. The van der Waals surface area contributed by atoms with E-state index >= 15 is 0 Å². The lowest BCUT2D eigenvalue weighted by Crippen LogP contribution is -1.95. The lowest BCUT2D eigenvalue weighted by atomic mass is 10.1. The Kier molecular flexibility index (Phi) is 3.64. The van der Waals surface area contributed by atoms with Gasteiger partial charge in [0.05, 0.1) is 7.11 Å². The summed E-state index contributed by atoms with van der Waals surface area (Å²) in [6.07, 6.45) is 3.75. The van der Waals surface area contributed by atoms with Crippen molar-refractivity contribution in [1.82, 2.24) is 4.98 Å². The number of aryl methyl sites for hydroxylation is 3. The van der Waals surface area contributed by atoms with E-state index in [1.165, 1.54) is 16.0 Å². The van der Waals surface area contributed by atoms with Crippen molar-refractivity contribution in [2.75, 3.05) is 12.8 Å². The first-order valence-electron chi connectivity index (χ1n) is 5.52. The van der Waals surface area contributed by atoms with Gasteiger partial charge in [-0.25, -0.2) is 4.98 Å². The Hall–Kier alpha value is -1.55. The van der Waals surface area contributed by atoms with Crippen LogP contribution in [0.25, 0.3) is 0 Å². The number of hydrogen-bond donors (Lipinski definition) is 1. The fraction of sp³-hybridized carbons (Fsp3) is 0.308.